The number of nitrogens with one attached hydrogen (secondary N) is 1. The molecule has 0 spiro atoms. The fourth-order valence-electron chi connectivity index (χ4n) is 2.49. The van der Waals surface area contributed by atoms with Gasteiger partial charge in [0.2, 0.25) is 15.9 Å². The van der Waals surface area contributed by atoms with E-state index in [0.29, 0.717) is 0 Å². The lowest BCUT2D eigenvalue weighted by atomic mass is 10.1. The number of aromatic nitrogens is 1. The van der Waals surface area contributed by atoms with Gasteiger partial charge < -0.3 is 5.32 Å². The Hall–Kier alpha value is -2.25. The Morgan fingerprint density at radius 2 is 1.72 bits per heavy atom. The average Bonchev–Trinajstić information content (AvgIpc) is 2.55. The SMILES string of the molecule is Cc1cccc(C)c1NC(=O)CCN(Cc1ccncc1)S(C)(=O)=O. The van der Waals surface area contributed by atoms with Crippen LogP contribution in [-0.4, -0.2) is 36.4 Å². The summed E-state index contributed by atoms with van der Waals surface area (Å²) in [6.45, 7) is 4.19. The summed E-state index contributed by atoms with van der Waals surface area (Å²) < 4.78 is 25.3. The molecule has 1 N–H and O–H groups in total. The highest BCUT2D eigenvalue weighted by molar-refractivity contribution is 7.88. The predicted molar refractivity (Wildman–Crippen MR) is 98.7 cm³/mol. The first-order valence-electron chi connectivity index (χ1n) is 7.97. The number of carbonyl (C=O) groups excluding carboxylic acids is 1. The summed E-state index contributed by atoms with van der Waals surface area (Å²) in [4.78, 5) is 16.2. The molecule has 1 amide bonds. The van der Waals surface area contributed by atoms with Gasteiger partial charge in [-0.25, -0.2) is 8.42 Å². The summed E-state index contributed by atoms with van der Waals surface area (Å²) >= 11 is 0. The smallest absolute Gasteiger partial charge is 0.225 e. The maximum absolute atomic E-state index is 12.3. The first-order chi connectivity index (χ1) is 11.8. The third-order valence-corrected chi connectivity index (χ3v) is 5.16. The van der Waals surface area contributed by atoms with Crippen LogP contribution in [0.15, 0.2) is 42.7 Å². The second kappa shape index (κ2) is 8.22. The van der Waals surface area contributed by atoms with Crippen molar-refractivity contribution in [3.8, 4) is 0 Å². The molecule has 0 aliphatic heterocycles. The fourth-order valence-corrected chi connectivity index (χ4v) is 3.30. The van der Waals surface area contributed by atoms with E-state index in [4.69, 9.17) is 0 Å². The van der Waals surface area contributed by atoms with Crippen LogP contribution in [0.4, 0.5) is 5.69 Å². The molecule has 0 saturated heterocycles. The van der Waals surface area contributed by atoms with Crippen LogP contribution in [0.25, 0.3) is 0 Å². The zero-order chi connectivity index (χ0) is 18.4. The van der Waals surface area contributed by atoms with Crippen LogP contribution < -0.4 is 5.32 Å². The standard InChI is InChI=1S/C18H23N3O3S/c1-14-5-4-6-15(2)18(14)20-17(22)9-12-21(25(3,23)24)13-16-7-10-19-11-8-16/h4-8,10-11H,9,12-13H2,1-3H3,(H,20,22). The average molecular weight is 361 g/mol. The number of benzene rings is 1. The van der Waals surface area contributed by atoms with Crippen LogP contribution in [0.3, 0.4) is 0 Å². The molecule has 0 fully saturated rings. The summed E-state index contributed by atoms with van der Waals surface area (Å²) in [6.07, 6.45) is 4.47. The van der Waals surface area contributed by atoms with Gasteiger partial charge in [0.1, 0.15) is 0 Å². The number of hydrogen-bond acceptors (Lipinski definition) is 4. The third-order valence-electron chi connectivity index (χ3n) is 3.91. The molecule has 25 heavy (non-hydrogen) atoms. The van der Waals surface area contributed by atoms with Gasteiger partial charge in [0.25, 0.3) is 0 Å². The molecule has 0 aliphatic carbocycles. The molecule has 1 aromatic heterocycles. The van der Waals surface area contributed by atoms with E-state index < -0.39 is 10.0 Å². The summed E-state index contributed by atoms with van der Waals surface area (Å²) in [5.74, 6) is -0.208. The van der Waals surface area contributed by atoms with Crippen LogP contribution in [0.5, 0.6) is 0 Å². The van der Waals surface area contributed by atoms with Gasteiger partial charge in [-0.1, -0.05) is 18.2 Å². The van der Waals surface area contributed by atoms with Crippen molar-refractivity contribution in [2.75, 3.05) is 18.1 Å². The normalized spacial score (nSPS) is 11.5. The highest BCUT2D eigenvalue weighted by Gasteiger charge is 2.18. The highest BCUT2D eigenvalue weighted by atomic mass is 32.2. The van der Waals surface area contributed by atoms with Gasteiger partial charge >= 0.3 is 0 Å². The van der Waals surface area contributed by atoms with Crippen molar-refractivity contribution in [2.45, 2.75) is 26.8 Å². The minimum absolute atomic E-state index is 0.0892. The number of amides is 1. The van der Waals surface area contributed by atoms with E-state index in [2.05, 4.69) is 10.3 Å². The Morgan fingerprint density at radius 3 is 2.28 bits per heavy atom. The van der Waals surface area contributed by atoms with Gasteiger partial charge in [-0.3, -0.25) is 9.78 Å². The monoisotopic (exact) mass is 361 g/mol. The molecule has 0 aliphatic rings. The Labute approximate surface area is 148 Å². The van der Waals surface area contributed by atoms with Gasteiger partial charge in [-0.15, -0.1) is 0 Å². The Balaban J connectivity index is 2.02. The van der Waals surface area contributed by atoms with Crippen LogP contribution in [0.1, 0.15) is 23.1 Å². The van der Waals surface area contributed by atoms with Crippen molar-refractivity contribution in [3.05, 3.63) is 59.4 Å². The molecule has 1 heterocycles. The number of hydrogen-bond donors (Lipinski definition) is 1. The van der Waals surface area contributed by atoms with Crippen molar-refractivity contribution in [2.24, 2.45) is 0 Å². The van der Waals surface area contributed by atoms with E-state index in [1.54, 1.807) is 24.5 Å². The summed E-state index contributed by atoms with van der Waals surface area (Å²) in [7, 11) is -3.42. The molecule has 1 aromatic carbocycles. The van der Waals surface area contributed by atoms with Crippen LogP contribution in [-0.2, 0) is 21.4 Å². The molecule has 134 valence electrons. The first kappa shape index (κ1) is 19.1. The van der Waals surface area contributed by atoms with E-state index in [0.717, 1.165) is 28.6 Å². The Bertz CT molecular complexity index is 816. The number of carbonyl (C=O) groups is 1. The first-order valence-corrected chi connectivity index (χ1v) is 9.82. The number of sulfonamides is 1. The van der Waals surface area contributed by atoms with E-state index in [-0.39, 0.29) is 25.4 Å². The molecule has 2 rings (SSSR count). The largest absolute Gasteiger partial charge is 0.326 e. The van der Waals surface area contributed by atoms with Gasteiger partial charge in [0.05, 0.1) is 6.26 Å². The molecule has 2 aromatic rings. The Morgan fingerprint density at radius 1 is 1.12 bits per heavy atom. The van der Waals surface area contributed by atoms with Gasteiger partial charge in [-0.2, -0.15) is 4.31 Å². The number of nitrogens with zero attached hydrogens (tertiary/aromatic N) is 2. The number of para-hydroxylation sites is 1. The zero-order valence-electron chi connectivity index (χ0n) is 14.7. The maximum Gasteiger partial charge on any atom is 0.225 e. The van der Waals surface area contributed by atoms with Crippen molar-refractivity contribution < 1.29 is 13.2 Å². The molecule has 0 bridgehead atoms. The van der Waals surface area contributed by atoms with Gasteiger partial charge in [-0.05, 0) is 42.7 Å². The molecule has 0 radical (unpaired) electrons. The fraction of sp³-hybridized carbons (Fsp3) is 0.333. The predicted octanol–water partition coefficient (Wildman–Crippen LogP) is 2.49. The third kappa shape index (κ3) is 5.65. The van der Waals surface area contributed by atoms with Crippen LogP contribution in [0.2, 0.25) is 0 Å². The quantitative estimate of drug-likeness (QED) is 0.822. The van der Waals surface area contributed by atoms with Gasteiger partial charge in [0.15, 0.2) is 0 Å². The molecular weight excluding hydrogens is 338 g/mol. The van der Waals surface area contributed by atoms with Crippen molar-refractivity contribution >= 4 is 21.6 Å². The maximum atomic E-state index is 12.3. The van der Waals surface area contributed by atoms with Crippen LogP contribution >= 0.6 is 0 Å². The highest BCUT2D eigenvalue weighted by Crippen LogP contribution is 2.19. The van der Waals surface area contributed by atoms with Crippen LogP contribution in [0, 0.1) is 13.8 Å². The van der Waals surface area contributed by atoms with Gasteiger partial charge in [0, 0.05) is 37.6 Å². The van der Waals surface area contributed by atoms with Crippen molar-refractivity contribution in [3.63, 3.8) is 0 Å². The van der Waals surface area contributed by atoms with E-state index in [1.807, 2.05) is 32.0 Å². The number of pyridine rings is 1. The minimum Gasteiger partial charge on any atom is -0.326 e. The summed E-state index contributed by atoms with van der Waals surface area (Å²) in [5.41, 5.74) is 3.57. The zero-order valence-corrected chi connectivity index (χ0v) is 15.5. The second-order valence-electron chi connectivity index (χ2n) is 6.02. The Kier molecular flexibility index (Phi) is 6.27. The second-order valence-corrected chi connectivity index (χ2v) is 8.00. The van der Waals surface area contributed by atoms with E-state index in [9.17, 15) is 13.2 Å². The number of anilines is 1. The van der Waals surface area contributed by atoms with Crippen molar-refractivity contribution in [1.82, 2.24) is 9.29 Å². The lowest BCUT2D eigenvalue weighted by molar-refractivity contribution is -0.116. The molecule has 0 unspecified atom stereocenters. The van der Waals surface area contributed by atoms with E-state index >= 15 is 0 Å². The topological polar surface area (TPSA) is 79.4 Å². The number of aryl methyl sites for hydroxylation is 2. The van der Waals surface area contributed by atoms with Crippen molar-refractivity contribution in [1.29, 1.82) is 0 Å². The molecule has 0 saturated carbocycles. The lowest BCUT2D eigenvalue weighted by Crippen LogP contribution is -2.32. The number of rotatable bonds is 7. The molecule has 7 heteroatoms. The minimum atomic E-state index is -3.42. The molecular formula is C18H23N3O3S. The van der Waals surface area contributed by atoms with E-state index in [1.165, 1.54) is 4.31 Å². The summed E-state index contributed by atoms with van der Waals surface area (Å²) in [5, 5.41) is 2.88. The molecule has 6 nitrogen and oxygen atoms in total. The lowest BCUT2D eigenvalue weighted by Gasteiger charge is -2.20. The summed E-state index contributed by atoms with van der Waals surface area (Å²) in [6, 6.07) is 9.30. The molecule has 0 atom stereocenters.